The van der Waals surface area contributed by atoms with Crippen LogP contribution in [0.3, 0.4) is 0 Å². The van der Waals surface area contributed by atoms with Crippen molar-refractivity contribution in [2.45, 2.75) is 39.5 Å². The predicted octanol–water partition coefficient (Wildman–Crippen LogP) is 2.32. The Morgan fingerprint density at radius 2 is 1.62 bits per heavy atom. The van der Waals surface area contributed by atoms with Crippen LogP contribution in [0.4, 0.5) is 5.69 Å². The number of nitrogens with zero attached hydrogens (tertiary/aromatic N) is 1. The molecule has 0 radical (unpaired) electrons. The van der Waals surface area contributed by atoms with E-state index in [-0.39, 0.29) is 40.8 Å². The number of aryl methyl sites for hydroxylation is 2. The smallest absolute Gasteiger partial charge is 0.488 e. The molecule has 1 fully saturated rings. The van der Waals surface area contributed by atoms with Crippen LogP contribution in [0.1, 0.15) is 42.4 Å². The standard InChI is InChI=1S/C31H28BNO7/c1-14-9-17(10-15(2)28(14)35)25-20-7-8-21-26(22(20)13-23-27(25)24(34)11-16(3)29(23)36)31(38)33(30(21)37)19-6-4-5-18(12-19)32(39)40/h4-7,9-12,21-22,25-26,35,39-40H,8,13H2,1-3H3. The molecule has 2 aromatic rings. The van der Waals surface area contributed by atoms with E-state index in [0.29, 0.717) is 34.3 Å². The largest absolute Gasteiger partial charge is 0.507 e. The van der Waals surface area contributed by atoms with E-state index in [1.54, 1.807) is 32.9 Å². The van der Waals surface area contributed by atoms with E-state index in [2.05, 4.69) is 0 Å². The lowest BCUT2D eigenvalue weighted by Crippen LogP contribution is -2.40. The summed E-state index contributed by atoms with van der Waals surface area (Å²) in [6.07, 6.45) is 3.79. The summed E-state index contributed by atoms with van der Waals surface area (Å²) < 4.78 is 0. The summed E-state index contributed by atoms with van der Waals surface area (Å²) in [5.74, 6) is -3.52. The van der Waals surface area contributed by atoms with Gasteiger partial charge >= 0.3 is 7.12 Å². The number of ketones is 2. The van der Waals surface area contributed by atoms with Crippen molar-refractivity contribution in [2.75, 3.05) is 4.90 Å². The minimum atomic E-state index is -1.75. The minimum Gasteiger partial charge on any atom is -0.507 e. The maximum atomic E-state index is 14.0. The van der Waals surface area contributed by atoms with Gasteiger partial charge in [0.05, 0.1) is 17.5 Å². The van der Waals surface area contributed by atoms with Crippen LogP contribution in [0.5, 0.6) is 5.75 Å². The number of rotatable bonds is 3. The minimum absolute atomic E-state index is 0.158. The van der Waals surface area contributed by atoms with E-state index in [1.165, 1.54) is 18.2 Å². The number of fused-ring (bicyclic) bond motifs is 3. The molecule has 0 spiro atoms. The molecule has 4 atom stereocenters. The zero-order valence-corrected chi connectivity index (χ0v) is 22.3. The number of Topliss-reactive ketones (excluding diaryl/α,β-unsaturated/α-hetero) is 1. The maximum Gasteiger partial charge on any atom is 0.488 e. The van der Waals surface area contributed by atoms with Gasteiger partial charge in [0, 0.05) is 22.6 Å². The third-order valence-corrected chi connectivity index (χ3v) is 8.84. The first-order chi connectivity index (χ1) is 19.0. The average molecular weight is 537 g/mol. The Hall–Kier alpha value is -4.08. The molecule has 4 aliphatic rings. The molecule has 0 bridgehead atoms. The molecule has 1 saturated heterocycles. The van der Waals surface area contributed by atoms with Crippen molar-refractivity contribution in [3.63, 3.8) is 0 Å². The number of benzene rings is 2. The molecule has 0 aromatic heterocycles. The van der Waals surface area contributed by atoms with Gasteiger partial charge in [-0.15, -0.1) is 0 Å². The van der Waals surface area contributed by atoms with Gasteiger partial charge in [0.15, 0.2) is 11.6 Å². The summed E-state index contributed by atoms with van der Waals surface area (Å²) in [7, 11) is -1.75. The molecule has 0 saturated carbocycles. The number of imide groups is 1. The number of carbonyl (C=O) groups excluding carboxylic acids is 4. The third-order valence-electron chi connectivity index (χ3n) is 8.84. The molecule has 9 heteroatoms. The number of phenolic OH excluding ortho intramolecular Hbond substituents is 1. The Morgan fingerprint density at radius 3 is 2.30 bits per heavy atom. The summed E-state index contributed by atoms with van der Waals surface area (Å²) >= 11 is 0. The Bertz CT molecular complexity index is 1610. The molecule has 2 amide bonds. The van der Waals surface area contributed by atoms with E-state index in [1.807, 2.05) is 18.2 Å². The van der Waals surface area contributed by atoms with Crippen LogP contribution in [0, 0.1) is 31.6 Å². The van der Waals surface area contributed by atoms with Gasteiger partial charge in [-0.25, -0.2) is 0 Å². The van der Waals surface area contributed by atoms with E-state index < -0.39 is 36.7 Å². The molecule has 4 unspecified atom stereocenters. The Labute approximate surface area is 231 Å². The molecule has 202 valence electrons. The highest BCUT2D eigenvalue weighted by Crippen LogP contribution is 2.55. The second-order valence-electron chi connectivity index (χ2n) is 11.2. The molecule has 2 aromatic carbocycles. The number of anilines is 1. The van der Waals surface area contributed by atoms with Crippen LogP contribution >= 0.6 is 0 Å². The van der Waals surface area contributed by atoms with Crippen molar-refractivity contribution in [2.24, 2.45) is 17.8 Å². The Balaban J connectivity index is 1.49. The normalized spacial score (nSPS) is 25.9. The number of hydrogen-bond acceptors (Lipinski definition) is 7. The second-order valence-corrected chi connectivity index (χ2v) is 11.2. The topological polar surface area (TPSA) is 132 Å². The molecule has 1 heterocycles. The van der Waals surface area contributed by atoms with Crippen molar-refractivity contribution >= 4 is 41.6 Å². The first-order valence-electron chi connectivity index (χ1n) is 13.3. The number of aromatic hydroxyl groups is 1. The quantitative estimate of drug-likeness (QED) is 0.237. The molecule has 8 nitrogen and oxygen atoms in total. The van der Waals surface area contributed by atoms with Crippen molar-refractivity contribution < 1.29 is 34.3 Å². The van der Waals surface area contributed by atoms with Gasteiger partial charge in [0.2, 0.25) is 11.8 Å². The lowest BCUT2D eigenvalue weighted by Gasteiger charge is -2.42. The van der Waals surface area contributed by atoms with Crippen molar-refractivity contribution in [3.8, 4) is 5.75 Å². The first-order valence-corrected chi connectivity index (χ1v) is 13.3. The number of phenols is 1. The van der Waals surface area contributed by atoms with Gasteiger partial charge in [0.25, 0.3) is 0 Å². The maximum absolute atomic E-state index is 14.0. The van der Waals surface area contributed by atoms with E-state index in [0.717, 1.165) is 16.0 Å². The first kappa shape index (κ1) is 26.2. The molecule has 3 N–H and O–H groups in total. The van der Waals surface area contributed by atoms with Crippen LogP contribution in [-0.2, 0) is 19.2 Å². The van der Waals surface area contributed by atoms with E-state index in [9.17, 15) is 34.3 Å². The van der Waals surface area contributed by atoms with Crippen molar-refractivity contribution in [3.05, 3.63) is 87.5 Å². The fourth-order valence-electron chi connectivity index (χ4n) is 7.00. The highest BCUT2D eigenvalue weighted by molar-refractivity contribution is 6.58. The molecule has 40 heavy (non-hydrogen) atoms. The molecular weight excluding hydrogens is 509 g/mol. The lowest BCUT2D eigenvalue weighted by atomic mass is 9.59. The summed E-state index contributed by atoms with van der Waals surface area (Å²) in [4.78, 5) is 55.6. The lowest BCUT2D eigenvalue weighted by molar-refractivity contribution is -0.123. The summed E-state index contributed by atoms with van der Waals surface area (Å²) in [6.45, 7) is 5.16. The zero-order chi connectivity index (χ0) is 28.6. The van der Waals surface area contributed by atoms with E-state index in [4.69, 9.17) is 0 Å². The average Bonchev–Trinajstić information content (AvgIpc) is 3.18. The van der Waals surface area contributed by atoms with Gasteiger partial charge < -0.3 is 15.2 Å². The van der Waals surface area contributed by atoms with Crippen LogP contribution < -0.4 is 10.4 Å². The van der Waals surface area contributed by atoms with Crippen LogP contribution in [0.25, 0.3) is 0 Å². The van der Waals surface area contributed by atoms with Gasteiger partial charge in [-0.3, -0.25) is 24.1 Å². The van der Waals surface area contributed by atoms with Gasteiger partial charge in [-0.2, -0.15) is 0 Å². The van der Waals surface area contributed by atoms with Crippen LogP contribution in [0.15, 0.2) is 70.8 Å². The monoisotopic (exact) mass is 537 g/mol. The van der Waals surface area contributed by atoms with Gasteiger partial charge in [-0.1, -0.05) is 35.9 Å². The van der Waals surface area contributed by atoms with Crippen molar-refractivity contribution in [1.82, 2.24) is 0 Å². The predicted molar refractivity (Wildman–Crippen MR) is 148 cm³/mol. The zero-order valence-electron chi connectivity index (χ0n) is 22.3. The van der Waals surface area contributed by atoms with Crippen molar-refractivity contribution in [1.29, 1.82) is 0 Å². The molecular formula is C31H28BNO7. The fourth-order valence-corrected chi connectivity index (χ4v) is 7.00. The highest BCUT2D eigenvalue weighted by Gasteiger charge is 2.56. The summed E-state index contributed by atoms with van der Waals surface area (Å²) in [5, 5.41) is 29.7. The van der Waals surface area contributed by atoms with Crippen LogP contribution in [-0.4, -0.2) is 45.7 Å². The van der Waals surface area contributed by atoms with Gasteiger partial charge in [0.1, 0.15) is 5.75 Å². The SMILES string of the molecule is CC1=CC(=O)C2=C(CC3C(=CCC4C(=O)N(c5cccc(B(O)O)c5)C(=O)C43)C2c2cc(C)c(O)c(C)c2)C1=O. The Kier molecular flexibility index (Phi) is 6.05. The molecule has 3 aliphatic carbocycles. The number of amides is 2. The number of hydrogen-bond donors (Lipinski definition) is 3. The highest BCUT2D eigenvalue weighted by atomic mass is 16.4. The van der Waals surface area contributed by atoms with E-state index >= 15 is 0 Å². The van der Waals surface area contributed by atoms with Gasteiger partial charge in [-0.05, 0) is 79.9 Å². The second kappa shape index (κ2) is 9.25. The van der Waals surface area contributed by atoms with Crippen LogP contribution in [0.2, 0.25) is 0 Å². The third kappa shape index (κ3) is 3.76. The molecule has 1 aliphatic heterocycles. The fraction of sp³-hybridized carbons (Fsp3) is 0.290. The number of carbonyl (C=O) groups is 4. The molecule has 6 rings (SSSR count). The summed E-state index contributed by atoms with van der Waals surface area (Å²) in [6, 6.07) is 9.67. The number of allylic oxidation sites excluding steroid dienone is 6. The Morgan fingerprint density at radius 1 is 0.925 bits per heavy atom. The summed E-state index contributed by atoms with van der Waals surface area (Å²) in [5.41, 5.74) is 4.41.